The molecule has 7 heteroatoms. The summed E-state index contributed by atoms with van der Waals surface area (Å²) in [5.74, 6) is 1.12. The molecule has 0 amide bonds. The highest BCUT2D eigenvalue weighted by atomic mass is 32.2. The van der Waals surface area contributed by atoms with Gasteiger partial charge in [-0.05, 0) is 12.5 Å². The SMILES string of the molecule is Cc1nc(CN(C)S(=O)(=O)Cc2ccccc2)n[nH]1. The van der Waals surface area contributed by atoms with E-state index in [9.17, 15) is 8.42 Å². The molecule has 1 N–H and O–H groups in total. The van der Waals surface area contributed by atoms with Crippen molar-refractivity contribution in [2.75, 3.05) is 7.05 Å². The largest absolute Gasteiger partial charge is 0.263 e. The Morgan fingerprint density at radius 1 is 1.26 bits per heavy atom. The van der Waals surface area contributed by atoms with Crippen LogP contribution in [0.2, 0.25) is 0 Å². The van der Waals surface area contributed by atoms with E-state index in [4.69, 9.17) is 0 Å². The van der Waals surface area contributed by atoms with Crippen molar-refractivity contribution in [3.63, 3.8) is 0 Å². The second kappa shape index (κ2) is 5.50. The lowest BCUT2D eigenvalue weighted by atomic mass is 10.2. The van der Waals surface area contributed by atoms with E-state index in [1.807, 2.05) is 18.2 Å². The van der Waals surface area contributed by atoms with Crippen LogP contribution < -0.4 is 0 Å². The normalized spacial score (nSPS) is 11.9. The van der Waals surface area contributed by atoms with Gasteiger partial charge in [0.2, 0.25) is 10.0 Å². The Labute approximate surface area is 112 Å². The minimum atomic E-state index is -3.36. The Morgan fingerprint density at radius 3 is 2.53 bits per heavy atom. The van der Waals surface area contributed by atoms with Gasteiger partial charge >= 0.3 is 0 Å². The predicted molar refractivity (Wildman–Crippen MR) is 71.7 cm³/mol. The molecule has 0 fully saturated rings. The van der Waals surface area contributed by atoms with Crippen LogP contribution in [0.3, 0.4) is 0 Å². The first-order valence-corrected chi connectivity index (χ1v) is 7.44. The highest BCUT2D eigenvalue weighted by Gasteiger charge is 2.20. The van der Waals surface area contributed by atoms with Crippen LogP contribution in [0.15, 0.2) is 30.3 Å². The monoisotopic (exact) mass is 280 g/mol. The lowest BCUT2D eigenvalue weighted by Gasteiger charge is -2.15. The summed E-state index contributed by atoms with van der Waals surface area (Å²) in [6.07, 6.45) is 0. The molecular weight excluding hydrogens is 264 g/mol. The standard InChI is InChI=1S/C12H16N4O2S/c1-10-13-12(15-14-10)8-16(2)19(17,18)9-11-6-4-3-5-7-11/h3-7H,8-9H2,1-2H3,(H,13,14,15). The van der Waals surface area contributed by atoms with E-state index >= 15 is 0 Å². The molecule has 2 aromatic rings. The minimum absolute atomic E-state index is 0.0201. The topological polar surface area (TPSA) is 79.0 Å². The average Bonchev–Trinajstić information content (AvgIpc) is 2.75. The smallest absolute Gasteiger partial charge is 0.218 e. The van der Waals surface area contributed by atoms with E-state index in [0.29, 0.717) is 11.6 Å². The lowest BCUT2D eigenvalue weighted by Crippen LogP contribution is -2.28. The van der Waals surface area contributed by atoms with E-state index in [1.54, 1.807) is 19.1 Å². The highest BCUT2D eigenvalue weighted by Crippen LogP contribution is 2.11. The molecule has 0 spiro atoms. The Kier molecular flexibility index (Phi) is 3.96. The minimum Gasteiger partial charge on any atom is -0.263 e. The molecule has 1 aromatic heterocycles. The Balaban J connectivity index is 2.07. The van der Waals surface area contributed by atoms with Crippen LogP contribution in [0, 0.1) is 6.92 Å². The summed E-state index contributed by atoms with van der Waals surface area (Å²) in [6.45, 7) is 1.94. The molecule has 0 saturated heterocycles. The van der Waals surface area contributed by atoms with Gasteiger partial charge in [0.25, 0.3) is 0 Å². The number of aromatic amines is 1. The summed E-state index contributed by atoms with van der Waals surface area (Å²) in [4.78, 5) is 4.10. The molecule has 0 bridgehead atoms. The molecule has 102 valence electrons. The Hall–Kier alpha value is -1.73. The summed E-state index contributed by atoms with van der Waals surface area (Å²) in [7, 11) is -1.83. The summed E-state index contributed by atoms with van der Waals surface area (Å²) in [6, 6.07) is 9.09. The molecule has 0 radical (unpaired) electrons. The number of rotatable bonds is 5. The molecule has 1 aromatic carbocycles. The van der Waals surface area contributed by atoms with Crippen molar-refractivity contribution in [3.8, 4) is 0 Å². The fourth-order valence-corrected chi connectivity index (χ4v) is 2.80. The van der Waals surface area contributed by atoms with Crippen LogP contribution in [0.5, 0.6) is 0 Å². The van der Waals surface area contributed by atoms with E-state index in [1.165, 1.54) is 11.4 Å². The summed E-state index contributed by atoms with van der Waals surface area (Å²) in [5, 5.41) is 6.63. The van der Waals surface area contributed by atoms with E-state index in [-0.39, 0.29) is 12.3 Å². The molecule has 2 rings (SSSR count). The quantitative estimate of drug-likeness (QED) is 0.888. The zero-order valence-electron chi connectivity index (χ0n) is 10.9. The number of aromatic nitrogens is 3. The van der Waals surface area contributed by atoms with Gasteiger partial charge < -0.3 is 0 Å². The Bertz CT molecular complexity index is 637. The van der Waals surface area contributed by atoms with Crippen LogP contribution in [0.1, 0.15) is 17.2 Å². The van der Waals surface area contributed by atoms with Gasteiger partial charge in [-0.1, -0.05) is 30.3 Å². The first-order chi connectivity index (χ1) is 8.97. The zero-order chi connectivity index (χ0) is 13.9. The van der Waals surface area contributed by atoms with Crippen molar-refractivity contribution in [2.45, 2.75) is 19.2 Å². The van der Waals surface area contributed by atoms with Crippen LogP contribution in [-0.4, -0.2) is 35.0 Å². The maximum absolute atomic E-state index is 12.2. The number of nitrogens with one attached hydrogen (secondary N) is 1. The van der Waals surface area contributed by atoms with Gasteiger partial charge in [-0.25, -0.2) is 13.4 Å². The molecule has 19 heavy (non-hydrogen) atoms. The molecule has 0 aliphatic heterocycles. The van der Waals surface area contributed by atoms with Crippen molar-refractivity contribution < 1.29 is 8.42 Å². The van der Waals surface area contributed by atoms with E-state index in [2.05, 4.69) is 15.2 Å². The van der Waals surface area contributed by atoms with Crippen molar-refractivity contribution in [3.05, 3.63) is 47.5 Å². The number of aryl methyl sites for hydroxylation is 1. The predicted octanol–water partition coefficient (Wildman–Crippen LogP) is 1.07. The highest BCUT2D eigenvalue weighted by molar-refractivity contribution is 7.88. The molecule has 6 nitrogen and oxygen atoms in total. The van der Waals surface area contributed by atoms with Gasteiger partial charge in [0, 0.05) is 7.05 Å². The number of benzene rings is 1. The third-order valence-corrected chi connectivity index (χ3v) is 4.45. The molecule has 0 aliphatic carbocycles. The third-order valence-electron chi connectivity index (χ3n) is 2.67. The van der Waals surface area contributed by atoms with Crippen molar-refractivity contribution in [1.82, 2.24) is 19.5 Å². The molecule has 0 unspecified atom stereocenters. The first kappa shape index (κ1) is 13.7. The maximum Gasteiger partial charge on any atom is 0.218 e. The first-order valence-electron chi connectivity index (χ1n) is 5.83. The molecular formula is C12H16N4O2S. The number of sulfonamides is 1. The third kappa shape index (κ3) is 3.62. The Morgan fingerprint density at radius 2 is 1.95 bits per heavy atom. The van der Waals surface area contributed by atoms with Gasteiger partial charge in [-0.15, -0.1) is 0 Å². The van der Waals surface area contributed by atoms with E-state index < -0.39 is 10.0 Å². The van der Waals surface area contributed by atoms with E-state index in [0.717, 1.165) is 5.56 Å². The number of hydrogen-bond acceptors (Lipinski definition) is 4. The second-order valence-electron chi connectivity index (χ2n) is 4.33. The van der Waals surface area contributed by atoms with Gasteiger partial charge in [0.15, 0.2) is 5.82 Å². The summed E-state index contributed by atoms with van der Waals surface area (Å²) in [5.41, 5.74) is 0.764. The van der Waals surface area contributed by atoms with Crippen molar-refractivity contribution in [2.24, 2.45) is 0 Å². The number of H-pyrrole nitrogens is 1. The molecule has 0 aliphatic rings. The summed E-state index contributed by atoms with van der Waals surface area (Å²) >= 11 is 0. The second-order valence-corrected chi connectivity index (χ2v) is 6.41. The lowest BCUT2D eigenvalue weighted by molar-refractivity contribution is 0.456. The zero-order valence-corrected chi connectivity index (χ0v) is 11.7. The van der Waals surface area contributed by atoms with Crippen molar-refractivity contribution >= 4 is 10.0 Å². The number of nitrogens with zero attached hydrogens (tertiary/aromatic N) is 3. The van der Waals surface area contributed by atoms with Gasteiger partial charge in [-0.3, -0.25) is 5.10 Å². The van der Waals surface area contributed by atoms with Crippen LogP contribution in [0.4, 0.5) is 0 Å². The summed E-state index contributed by atoms with van der Waals surface area (Å²) < 4.78 is 25.6. The maximum atomic E-state index is 12.2. The molecule has 1 heterocycles. The van der Waals surface area contributed by atoms with Gasteiger partial charge in [0.05, 0.1) is 12.3 Å². The van der Waals surface area contributed by atoms with Gasteiger partial charge in [0.1, 0.15) is 5.82 Å². The fourth-order valence-electron chi connectivity index (χ4n) is 1.65. The van der Waals surface area contributed by atoms with Crippen molar-refractivity contribution in [1.29, 1.82) is 0 Å². The average molecular weight is 280 g/mol. The molecule has 0 saturated carbocycles. The van der Waals surface area contributed by atoms with Crippen LogP contribution in [-0.2, 0) is 22.3 Å². The molecule has 0 atom stereocenters. The fraction of sp³-hybridized carbons (Fsp3) is 0.333. The number of hydrogen-bond donors (Lipinski definition) is 1. The van der Waals surface area contributed by atoms with Gasteiger partial charge in [-0.2, -0.15) is 9.40 Å². The van der Waals surface area contributed by atoms with Crippen LogP contribution >= 0.6 is 0 Å². The van der Waals surface area contributed by atoms with Crippen LogP contribution in [0.25, 0.3) is 0 Å².